The molecular weight excluding hydrogens is 318 g/mol. The van der Waals surface area contributed by atoms with Gasteiger partial charge < -0.3 is 4.57 Å². The molecule has 2 aliphatic rings. The van der Waals surface area contributed by atoms with Crippen LogP contribution in [0, 0.1) is 17.2 Å². The summed E-state index contributed by atoms with van der Waals surface area (Å²) in [6, 6.07) is 18.7. The molecule has 1 aromatic heterocycles. The third-order valence-corrected chi connectivity index (χ3v) is 5.78. The molecule has 1 aliphatic heterocycles. The molecule has 0 spiro atoms. The summed E-state index contributed by atoms with van der Waals surface area (Å²) in [5.74, 6) is 1.55. The molecule has 5 rings (SSSR count). The number of fused-ring (bicyclic) bond motifs is 5. The highest BCUT2D eigenvalue weighted by Crippen LogP contribution is 2.45. The van der Waals surface area contributed by atoms with Gasteiger partial charge in [0.25, 0.3) is 0 Å². The maximum absolute atomic E-state index is 9.15. The van der Waals surface area contributed by atoms with Gasteiger partial charge in [-0.2, -0.15) is 5.26 Å². The molecule has 0 saturated heterocycles. The van der Waals surface area contributed by atoms with Crippen LogP contribution < -0.4 is 10.7 Å². The van der Waals surface area contributed by atoms with Crippen molar-refractivity contribution in [3.05, 3.63) is 75.9 Å². The van der Waals surface area contributed by atoms with Crippen molar-refractivity contribution in [1.82, 2.24) is 9.55 Å². The lowest BCUT2D eigenvalue weighted by molar-refractivity contribution is 0.489. The van der Waals surface area contributed by atoms with Gasteiger partial charge in [-0.3, -0.25) is 0 Å². The van der Waals surface area contributed by atoms with Crippen molar-refractivity contribution in [2.45, 2.75) is 25.8 Å². The maximum atomic E-state index is 9.15. The Morgan fingerprint density at radius 2 is 1.92 bits per heavy atom. The number of nitrogens with zero attached hydrogens (tertiary/aromatic N) is 3. The number of benzene rings is 2. The number of hydrogen-bond acceptors (Lipinski definition) is 2. The van der Waals surface area contributed by atoms with E-state index in [4.69, 9.17) is 10.2 Å². The van der Waals surface area contributed by atoms with E-state index in [0.717, 1.165) is 17.6 Å². The van der Waals surface area contributed by atoms with Crippen LogP contribution >= 0.6 is 0 Å². The lowest BCUT2D eigenvalue weighted by atomic mass is 9.84. The number of imidazole rings is 1. The van der Waals surface area contributed by atoms with E-state index >= 15 is 0 Å². The van der Waals surface area contributed by atoms with Gasteiger partial charge in [-0.15, -0.1) is 0 Å². The van der Waals surface area contributed by atoms with Crippen LogP contribution in [0.25, 0.3) is 23.5 Å². The highest BCUT2D eigenvalue weighted by atomic mass is 15.2. The van der Waals surface area contributed by atoms with E-state index in [1.807, 2.05) is 12.1 Å². The fourth-order valence-corrected chi connectivity index (χ4v) is 4.41. The standard InChI is InChI=1S/C23H19N3/c1-15-7-12-20-21(13-15)26-22(25-20)18-5-3-4-6-19(18)23(26,2)17-10-8-16(14-24)9-11-17/h3-6,8-13,15H,7H2,1-2H3. The third kappa shape index (κ3) is 1.84. The Morgan fingerprint density at radius 1 is 1.15 bits per heavy atom. The molecule has 0 saturated carbocycles. The Kier molecular flexibility index (Phi) is 3.02. The summed E-state index contributed by atoms with van der Waals surface area (Å²) in [6.45, 7) is 4.51. The molecule has 2 unspecified atom stereocenters. The monoisotopic (exact) mass is 337 g/mol. The highest BCUT2D eigenvalue weighted by Gasteiger charge is 2.42. The topological polar surface area (TPSA) is 41.6 Å². The Morgan fingerprint density at radius 3 is 2.69 bits per heavy atom. The van der Waals surface area contributed by atoms with Gasteiger partial charge in [0.1, 0.15) is 5.82 Å². The van der Waals surface area contributed by atoms with Gasteiger partial charge in [-0.05, 0) is 42.5 Å². The van der Waals surface area contributed by atoms with Gasteiger partial charge in [0.05, 0.1) is 27.9 Å². The SMILES string of the molecule is CC1C=c2c(nc3n2C(C)(c2ccc(C#N)cc2)c2ccccc2-3)=CC1. The van der Waals surface area contributed by atoms with Crippen LogP contribution in [0.4, 0.5) is 0 Å². The van der Waals surface area contributed by atoms with Crippen molar-refractivity contribution in [1.29, 1.82) is 5.26 Å². The van der Waals surface area contributed by atoms with Gasteiger partial charge in [0.15, 0.2) is 0 Å². The number of hydrogen-bond donors (Lipinski definition) is 0. The second kappa shape index (κ2) is 5.19. The summed E-state index contributed by atoms with van der Waals surface area (Å²) in [7, 11) is 0. The molecule has 26 heavy (non-hydrogen) atoms. The second-order valence-corrected chi connectivity index (χ2v) is 7.43. The van der Waals surface area contributed by atoms with Crippen LogP contribution in [-0.2, 0) is 5.54 Å². The second-order valence-electron chi connectivity index (χ2n) is 7.43. The summed E-state index contributed by atoms with van der Waals surface area (Å²) in [4.78, 5) is 4.99. The average molecular weight is 337 g/mol. The molecule has 0 N–H and O–H groups in total. The summed E-state index contributed by atoms with van der Waals surface area (Å²) < 4.78 is 2.39. The lowest BCUT2D eigenvalue weighted by Crippen LogP contribution is -2.42. The first-order valence-electron chi connectivity index (χ1n) is 9.04. The van der Waals surface area contributed by atoms with Gasteiger partial charge in [-0.1, -0.05) is 55.5 Å². The molecule has 2 aromatic carbocycles. The number of nitriles is 1. The fourth-order valence-electron chi connectivity index (χ4n) is 4.41. The van der Waals surface area contributed by atoms with Crippen molar-refractivity contribution in [3.8, 4) is 17.5 Å². The quantitative estimate of drug-likeness (QED) is 0.684. The molecule has 126 valence electrons. The van der Waals surface area contributed by atoms with Crippen LogP contribution in [0.5, 0.6) is 0 Å². The van der Waals surface area contributed by atoms with E-state index in [9.17, 15) is 0 Å². The maximum Gasteiger partial charge on any atom is 0.142 e. The van der Waals surface area contributed by atoms with Gasteiger partial charge >= 0.3 is 0 Å². The highest BCUT2D eigenvalue weighted by molar-refractivity contribution is 5.71. The largest absolute Gasteiger partial charge is 0.310 e. The molecule has 3 nitrogen and oxygen atoms in total. The van der Waals surface area contributed by atoms with Gasteiger partial charge in [0.2, 0.25) is 0 Å². The summed E-state index contributed by atoms with van der Waals surface area (Å²) >= 11 is 0. The minimum atomic E-state index is -0.331. The zero-order valence-electron chi connectivity index (χ0n) is 14.9. The van der Waals surface area contributed by atoms with Crippen molar-refractivity contribution >= 4 is 12.2 Å². The van der Waals surface area contributed by atoms with Crippen molar-refractivity contribution in [2.75, 3.05) is 0 Å². The Hall–Kier alpha value is -3.12. The zero-order chi connectivity index (χ0) is 17.9. The van der Waals surface area contributed by atoms with E-state index in [1.165, 1.54) is 22.0 Å². The zero-order valence-corrected chi connectivity index (χ0v) is 14.9. The van der Waals surface area contributed by atoms with Crippen LogP contribution in [0.2, 0.25) is 0 Å². The average Bonchev–Trinajstić information content (AvgIpc) is 3.17. The van der Waals surface area contributed by atoms with Gasteiger partial charge in [-0.25, -0.2) is 4.98 Å². The molecule has 1 aliphatic carbocycles. The number of aromatic nitrogens is 2. The Balaban J connectivity index is 1.89. The van der Waals surface area contributed by atoms with Crippen LogP contribution in [0.15, 0.2) is 48.5 Å². The fraction of sp³-hybridized carbons (Fsp3) is 0.217. The van der Waals surface area contributed by atoms with E-state index in [1.54, 1.807) is 0 Å². The van der Waals surface area contributed by atoms with Crippen LogP contribution in [0.1, 0.15) is 37.0 Å². The minimum Gasteiger partial charge on any atom is -0.310 e. The first-order valence-corrected chi connectivity index (χ1v) is 9.04. The third-order valence-electron chi connectivity index (χ3n) is 5.78. The molecular formula is C23H19N3. The predicted octanol–water partition coefficient (Wildman–Crippen LogP) is 3.15. The molecule has 0 fully saturated rings. The summed E-state index contributed by atoms with van der Waals surface area (Å²) in [5, 5.41) is 11.5. The molecule has 0 amide bonds. The first-order chi connectivity index (χ1) is 12.6. The molecule has 0 radical (unpaired) electrons. The minimum absolute atomic E-state index is 0.331. The molecule has 2 heterocycles. The van der Waals surface area contributed by atoms with E-state index < -0.39 is 0 Å². The van der Waals surface area contributed by atoms with Crippen molar-refractivity contribution < 1.29 is 0 Å². The van der Waals surface area contributed by atoms with Gasteiger partial charge in [0, 0.05) is 5.56 Å². The van der Waals surface area contributed by atoms with E-state index in [2.05, 4.69) is 73.0 Å². The van der Waals surface area contributed by atoms with Crippen LogP contribution in [-0.4, -0.2) is 9.55 Å². The predicted molar refractivity (Wildman–Crippen MR) is 103 cm³/mol. The number of rotatable bonds is 1. The molecule has 0 bridgehead atoms. The smallest absolute Gasteiger partial charge is 0.142 e. The normalized spacial score (nSPS) is 22.4. The van der Waals surface area contributed by atoms with E-state index in [-0.39, 0.29) is 5.54 Å². The summed E-state index contributed by atoms with van der Waals surface area (Å²) in [6.07, 6.45) is 5.64. The van der Waals surface area contributed by atoms with Crippen molar-refractivity contribution in [2.24, 2.45) is 5.92 Å². The van der Waals surface area contributed by atoms with E-state index in [0.29, 0.717) is 11.5 Å². The van der Waals surface area contributed by atoms with Crippen molar-refractivity contribution in [3.63, 3.8) is 0 Å². The Bertz CT molecular complexity index is 1190. The first kappa shape index (κ1) is 15.2. The molecule has 3 aromatic rings. The van der Waals surface area contributed by atoms with Crippen LogP contribution in [0.3, 0.4) is 0 Å². The summed E-state index contributed by atoms with van der Waals surface area (Å²) in [5.41, 5.74) is 3.99. The Labute approximate surface area is 152 Å². The lowest BCUT2D eigenvalue weighted by Gasteiger charge is -2.30. The molecule has 2 atom stereocenters. The molecule has 3 heteroatoms.